The normalized spacial score (nSPS) is 32.4. The number of nitrogens with one attached hydrogen (secondary N) is 2. The lowest BCUT2D eigenvalue weighted by atomic mass is 9.96. The number of hydrogen-bond donors (Lipinski definition) is 17. The molecule has 0 aromatic heterocycles. The first-order valence-corrected chi connectivity index (χ1v) is 44.6. The molecule has 0 fully saturated rings. The summed E-state index contributed by atoms with van der Waals surface area (Å²) in [6.45, 7) is 50.2. The van der Waals surface area contributed by atoms with Crippen LogP contribution in [0.2, 0.25) is 0 Å². The molecule has 0 saturated carbocycles. The van der Waals surface area contributed by atoms with Gasteiger partial charge in [-0.3, -0.25) is 0 Å². The van der Waals surface area contributed by atoms with Gasteiger partial charge in [-0.05, 0) is 205 Å². The molecule has 732 valence electrons. The highest BCUT2D eigenvalue weighted by molar-refractivity contribution is 8.14. The van der Waals surface area contributed by atoms with E-state index in [1.807, 2.05) is 145 Å². The van der Waals surface area contributed by atoms with E-state index in [4.69, 9.17) is 52.1 Å². The Kier molecular flexibility index (Phi) is 50.0. The fourth-order valence-electron chi connectivity index (χ4n) is 11.9. The van der Waals surface area contributed by atoms with Crippen LogP contribution in [0.5, 0.6) is 0 Å². The van der Waals surface area contributed by atoms with E-state index in [2.05, 4.69) is 10.6 Å². The van der Waals surface area contributed by atoms with Crippen LogP contribution in [0.15, 0.2) is 72.9 Å². The second-order valence-electron chi connectivity index (χ2n) is 41.1. The van der Waals surface area contributed by atoms with Crippen molar-refractivity contribution in [3.63, 3.8) is 0 Å². The monoisotopic (exact) mass is 1840 g/mol. The summed E-state index contributed by atoms with van der Waals surface area (Å²) in [6.07, 6.45) is -1.05. The Bertz CT molecular complexity index is 3060. The zero-order chi connectivity index (χ0) is 97.4. The number of amides is 2. The van der Waals surface area contributed by atoms with Gasteiger partial charge in [0, 0.05) is 97.6 Å². The number of aliphatic hydroxyl groups excluding tert-OH is 15. The summed E-state index contributed by atoms with van der Waals surface area (Å²) >= 11 is 2.17. The second-order valence-corrected chi connectivity index (χ2v) is 44.6. The van der Waals surface area contributed by atoms with E-state index in [9.17, 15) is 105 Å². The van der Waals surface area contributed by atoms with Crippen molar-refractivity contribution < 1.29 is 157 Å². The van der Waals surface area contributed by atoms with E-state index in [0.29, 0.717) is 12.8 Å². The molecular formula is C90H158N2O32S2. The number of ether oxygens (including phenoxy) is 11. The van der Waals surface area contributed by atoms with Crippen LogP contribution in [-0.4, -0.2) is 307 Å². The van der Waals surface area contributed by atoms with Crippen LogP contribution in [0, 0.1) is 0 Å². The van der Waals surface area contributed by atoms with E-state index >= 15 is 0 Å². The maximum Gasteiger partial charge on any atom is 0.509 e. The van der Waals surface area contributed by atoms with Gasteiger partial charge in [0.15, 0.2) is 0 Å². The van der Waals surface area contributed by atoms with Crippen molar-refractivity contribution in [2.24, 2.45) is 0 Å². The summed E-state index contributed by atoms with van der Waals surface area (Å²) in [6, 6.07) is 0. The Morgan fingerprint density at radius 2 is 0.413 bits per heavy atom. The van der Waals surface area contributed by atoms with Gasteiger partial charge in [0.25, 0.3) is 0 Å². The number of aliphatic hydroxyl groups is 15. The van der Waals surface area contributed by atoms with E-state index in [1.165, 1.54) is 30.4 Å². The van der Waals surface area contributed by atoms with Gasteiger partial charge in [-0.15, -0.1) is 0 Å². The third-order valence-electron chi connectivity index (χ3n) is 17.2. The lowest BCUT2D eigenvalue weighted by molar-refractivity contribution is -0.0847. The molecule has 126 heavy (non-hydrogen) atoms. The third-order valence-corrected chi connectivity index (χ3v) is 18.9. The number of carbonyl (C=O) groups excluding carboxylic acids is 6. The highest BCUT2D eigenvalue weighted by Gasteiger charge is 2.37. The van der Waals surface area contributed by atoms with Gasteiger partial charge in [0.2, 0.25) is 0 Å². The highest BCUT2D eigenvalue weighted by Crippen LogP contribution is 2.32. The van der Waals surface area contributed by atoms with E-state index in [1.54, 1.807) is 84.1 Å². The molecule has 17 N–H and O–H groups in total. The number of thioether (sulfide) groups is 2. The Labute approximate surface area is 755 Å². The van der Waals surface area contributed by atoms with Crippen LogP contribution in [0.25, 0.3) is 0 Å². The molecule has 24 unspecified atom stereocenters. The Morgan fingerprint density at radius 3 is 0.603 bits per heavy atom. The molecule has 0 heterocycles. The summed E-state index contributed by atoms with van der Waals surface area (Å²) < 4.78 is 58.6. The molecule has 0 aliphatic heterocycles. The minimum absolute atomic E-state index is 0.0524. The fraction of sp³-hybridized carbons (Fsp3) is 0.800. The van der Waals surface area contributed by atoms with Crippen LogP contribution in [-0.2, 0) is 52.1 Å². The first kappa shape index (κ1) is 118. The molecule has 0 spiro atoms. The minimum Gasteiger partial charge on any atom is -0.450 e. The Morgan fingerprint density at radius 1 is 0.238 bits per heavy atom. The summed E-state index contributed by atoms with van der Waals surface area (Å²) in [5.41, 5.74) is -3.27. The van der Waals surface area contributed by atoms with Crippen molar-refractivity contribution in [3.8, 4) is 0 Å². The van der Waals surface area contributed by atoms with Gasteiger partial charge in [0.1, 0.15) is 47.8 Å². The first-order valence-electron chi connectivity index (χ1n) is 43.0. The zero-order valence-corrected chi connectivity index (χ0v) is 80.9. The standard InChI is InChI=1S/C17H31NO5.C17H30O6.C17H30O5S.C13H23NO5.C13H22O6.C13H22O5S/c1-16(2,3)18-15(21)22-11-7-8-12(23-17(4,5)6)10-14(20)13(19)9-11;2*1-16(2,3)22-12-8-7-11(9-13(18)14(19)10-12)21-15(20)23-17(4,5)6;1-13(2,3)14-12(18)19-9-5-4-8(15)6-10(16)11(17)7-9;2*1-13(2,3)19-12(17)18-9-5-4-8(14)6-10(15)11(16)7-9/h7-8,11-14,19-20H,9-10H2,1-6H3,(H,18,21);2*7-8,11-14,18-19H,9-10H2,1-6H3;4-5,8-11,15-17H,6-7H2,1-3H3,(H,14,18);2*4-5,8-11,14-16H,6-7H2,1-3H3/b3*8-7+;3*5-4+. The van der Waals surface area contributed by atoms with Crippen molar-refractivity contribution in [2.45, 2.75) is 459 Å². The van der Waals surface area contributed by atoms with Crippen LogP contribution >= 0.6 is 23.5 Å². The number of hydrogen-bond acceptors (Lipinski definition) is 34. The Hall–Kier alpha value is -5.56. The number of rotatable bonds is 9. The topological polar surface area (TPSA) is 531 Å². The van der Waals surface area contributed by atoms with Gasteiger partial charge >= 0.3 is 35.1 Å². The molecule has 0 aromatic rings. The maximum atomic E-state index is 12.0. The Balaban J connectivity index is 0.000000758. The number of carbonyl (C=O) groups is 6. The highest BCUT2D eigenvalue weighted by atomic mass is 32.2. The molecule has 0 aromatic carbocycles. The molecule has 6 rings (SSSR count). The fourth-order valence-corrected chi connectivity index (χ4v) is 13.2. The first-order chi connectivity index (χ1) is 57.1. The van der Waals surface area contributed by atoms with Crippen molar-refractivity contribution in [2.75, 3.05) is 0 Å². The predicted molar refractivity (Wildman–Crippen MR) is 478 cm³/mol. The van der Waals surface area contributed by atoms with Gasteiger partial charge in [-0.25, -0.2) is 28.8 Å². The molecule has 2 amide bonds. The molecule has 0 bridgehead atoms. The quantitative estimate of drug-likeness (QED) is 0.0579. The molecule has 36 heteroatoms. The molecule has 34 nitrogen and oxygen atoms in total. The van der Waals surface area contributed by atoms with Crippen LogP contribution in [0.4, 0.5) is 28.8 Å². The molecule has 0 saturated heterocycles. The average molecular weight is 1840 g/mol. The van der Waals surface area contributed by atoms with Crippen LogP contribution in [0.3, 0.4) is 0 Å². The third kappa shape index (κ3) is 59.7. The van der Waals surface area contributed by atoms with Crippen LogP contribution in [0.1, 0.15) is 264 Å². The van der Waals surface area contributed by atoms with Crippen molar-refractivity contribution in [1.82, 2.24) is 10.6 Å². The van der Waals surface area contributed by atoms with E-state index < -0.39 is 180 Å². The van der Waals surface area contributed by atoms with Crippen LogP contribution < -0.4 is 10.6 Å². The molecule has 0 radical (unpaired) electrons. The predicted octanol–water partition coefficient (Wildman–Crippen LogP) is 10.5. The van der Waals surface area contributed by atoms with Gasteiger partial charge in [-0.2, -0.15) is 0 Å². The van der Waals surface area contributed by atoms with Crippen molar-refractivity contribution >= 4 is 58.6 Å². The lowest BCUT2D eigenvalue weighted by Crippen LogP contribution is -2.43. The molecule has 6 aliphatic carbocycles. The number of alkyl carbamates (subject to hydrolysis) is 2. The molecule has 6 aliphatic rings. The maximum absolute atomic E-state index is 12.0. The largest absolute Gasteiger partial charge is 0.509 e. The molecule has 24 atom stereocenters. The summed E-state index contributed by atoms with van der Waals surface area (Å²) in [5.74, 6) is 0. The van der Waals surface area contributed by atoms with Crippen molar-refractivity contribution in [1.29, 1.82) is 0 Å². The van der Waals surface area contributed by atoms with E-state index in [-0.39, 0.29) is 114 Å². The minimum atomic E-state index is -1.06. The lowest BCUT2D eigenvalue weighted by Gasteiger charge is -2.31. The smallest absolute Gasteiger partial charge is 0.450 e. The van der Waals surface area contributed by atoms with Gasteiger partial charge in [-0.1, -0.05) is 78.0 Å². The second kappa shape index (κ2) is 53.2. The summed E-state index contributed by atoms with van der Waals surface area (Å²) in [4.78, 5) is 70.4. The summed E-state index contributed by atoms with van der Waals surface area (Å²) in [5, 5.41) is 151. The average Bonchev–Trinajstić information content (AvgIpc) is 0.854. The van der Waals surface area contributed by atoms with Gasteiger partial charge in [0.05, 0.1) is 127 Å². The SMILES string of the molecule is CC(C)(C)NC(=O)OC1/C=C/C(O)CC(O)C(O)C1.CC(C)(C)NC(=O)OC1/C=C/C(OC(C)(C)C)CC(O)C(O)C1.CC(C)(C)OC(=O)OC1/C=C/C(O)CC(O)C(O)C1.CC(C)(C)OC(=O)OC1/C=C/C(OC(C)(C)C)CC(O)C(O)C1.CC(C)(C)OC1/C=C/C(OC(=O)SC(C)(C)C)CC(O)C(O)C1.CC(C)(C)SC(=O)OC1/C=C/C(O)CC(O)C(O)C1. The summed E-state index contributed by atoms with van der Waals surface area (Å²) in [7, 11) is 0. The zero-order valence-electron chi connectivity index (χ0n) is 79.2. The molecular weight excluding hydrogens is 1690 g/mol. The van der Waals surface area contributed by atoms with E-state index in [0.717, 1.165) is 23.5 Å². The van der Waals surface area contributed by atoms with Crippen molar-refractivity contribution in [3.05, 3.63) is 72.9 Å². The van der Waals surface area contributed by atoms with Gasteiger partial charge < -0.3 is 139 Å².